The Balaban J connectivity index is 2.16. The van der Waals surface area contributed by atoms with Crippen molar-refractivity contribution in [1.82, 2.24) is 9.97 Å². The third kappa shape index (κ3) is 1.84. The maximum Gasteiger partial charge on any atom is 0.335 e. The normalized spacial score (nSPS) is 13.4. The minimum Gasteiger partial charge on any atom is -0.478 e. The van der Waals surface area contributed by atoms with Crippen LogP contribution in [-0.2, 0) is 0 Å². The standard InChI is InChI=1S/C13H7N3O6/c17-9-8(4-14-13(22)15-9)16-10(18)6-2-1-5(12(20)21)3-7(6)11(16)19/h1-4H,(H,20,21)(H2,14,15,17,22). The van der Waals surface area contributed by atoms with Crippen LogP contribution in [-0.4, -0.2) is 32.9 Å². The molecule has 1 aliphatic rings. The summed E-state index contributed by atoms with van der Waals surface area (Å²) in [6, 6.07) is 3.46. The third-order valence-corrected chi connectivity index (χ3v) is 3.17. The number of hydrogen-bond donors (Lipinski definition) is 3. The summed E-state index contributed by atoms with van der Waals surface area (Å²) in [4.78, 5) is 62.8. The Morgan fingerprint density at radius 1 is 1.05 bits per heavy atom. The predicted molar refractivity (Wildman–Crippen MR) is 72.2 cm³/mol. The Bertz CT molecular complexity index is 955. The van der Waals surface area contributed by atoms with Gasteiger partial charge in [-0.3, -0.25) is 19.4 Å². The molecule has 0 saturated carbocycles. The second-order valence-corrected chi connectivity index (χ2v) is 4.47. The van der Waals surface area contributed by atoms with Gasteiger partial charge in [0.1, 0.15) is 5.69 Å². The number of imide groups is 1. The number of fused-ring (bicyclic) bond motifs is 1. The van der Waals surface area contributed by atoms with E-state index >= 15 is 0 Å². The summed E-state index contributed by atoms with van der Waals surface area (Å²) in [5, 5.41) is 8.92. The Morgan fingerprint density at radius 3 is 2.36 bits per heavy atom. The number of nitrogens with one attached hydrogen (secondary N) is 2. The molecule has 1 aromatic heterocycles. The number of carbonyl (C=O) groups excluding carboxylic acids is 2. The van der Waals surface area contributed by atoms with Crippen molar-refractivity contribution in [3.63, 3.8) is 0 Å². The number of aromatic carboxylic acids is 1. The Kier molecular flexibility index (Phi) is 2.77. The lowest BCUT2D eigenvalue weighted by molar-refractivity contribution is 0.0696. The summed E-state index contributed by atoms with van der Waals surface area (Å²) in [5.74, 6) is -2.85. The molecule has 3 rings (SSSR count). The van der Waals surface area contributed by atoms with Crippen molar-refractivity contribution in [2.45, 2.75) is 0 Å². The van der Waals surface area contributed by atoms with Crippen LogP contribution in [0, 0.1) is 0 Å². The number of hydrogen-bond acceptors (Lipinski definition) is 5. The molecule has 0 unspecified atom stereocenters. The number of carboxylic acid groups (broad SMARTS) is 1. The molecular weight excluding hydrogens is 294 g/mol. The molecule has 110 valence electrons. The monoisotopic (exact) mass is 301 g/mol. The van der Waals surface area contributed by atoms with Gasteiger partial charge in [-0.25, -0.2) is 14.5 Å². The van der Waals surface area contributed by atoms with Crippen molar-refractivity contribution in [2.75, 3.05) is 4.90 Å². The van der Waals surface area contributed by atoms with Crippen molar-refractivity contribution in [3.8, 4) is 0 Å². The molecule has 1 aromatic carbocycles. The van der Waals surface area contributed by atoms with Gasteiger partial charge in [-0.15, -0.1) is 0 Å². The molecule has 0 radical (unpaired) electrons. The molecule has 0 spiro atoms. The fourth-order valence-electron chi connectivity index (χ4n) is 2.16. The number of aromatic amines is 2. The Morgan fingerprint density at radius 2 is 1.73 bits per heavy atom. The quantitative estimate of drug-likeness (QED) is 0.642. The van der Waals surface area contributed by atoms with Crippen LogP contribution in [0.1, 0.15) is 31.1 Å². The SMILES string of the molecule is O=C(O)c1ccc2c(c1)C(=O)N(c1c[nH]c(=O)[nH]c1=O)C2=O. The van der Waals surface area contributed by atoms with Crippen molar-refractivity contribution in [2.24, 2.45) is 0 Å². The molecule has 0 saturated heterocycles. The highest BCUT2D eigenvalue weighted by Crippen LogP contribution is 2.26. The minimum absolute atomic E-state index is 0.0133. The topological polar surface area (TPSA) is 140 Å². The van der Waals surface area contributed by atoms with Gasteiger partial charge in [-0.2, -0.15) is 0 Å². The van der Waals surface area contributed by atoms with Crippen molar-refractivity contribution in [1.29, 1.82) is 0 Å². The van der Waals surface area contributed by atoms with E-state index < -0.39 is 29.0 Å². The van der Waals surface area contributed by atoms with Crippen LogP contribution >= 0.6 is 0 Å². The summed E-state index contributed by atoms with van der Waals surface area (Å²) in [6.07, 6.45) is 0.945. The molecule has 0 aliphatic carbocycles. The van der Waals surface area contributed by atoms with Crippen LogP contribution in [0.2, 0.25) is 0 Å². The zero-order valence-corrected chi connectivity index (χ0v) is 10.7. The van der Waals surface area contributed by atoms with Gasteiger partial charge in [0, 0.05) is 6.20 Å². The lowest BCUT2D eigenvalue weighted by Crippen LogP contribution is -2.36. The number of H-pyrrole nitrogens is 2. The summed E-state index contributed by atoms with van der Waals surface area (Å²) in [6.45, 7) is 0. The number of carbonyl (C=O) groups is 3. The van der Waals surface area contributed by atoms with Crippen molar-refractivity contribution in [3.05, 3.63) is 61.9 Å². The predicted octanol–water partition coefficient (Wildman–Crippen LogP) is -0.438. The second kappa shape index (κ2) is 4.52. The molecule has 2 heterocycles. The number of anilines is 1. The van der Waals surface area contributed by atoms with E-state index in [4.69, 9.17) is 5.11 Å². The zero-order chi connectivity index (χ0) is 16.0. The van der Waals surface area contributed by atoms with Crippen LogP contribution < -0.4 is 16.1 Å². The summed E-state index contributed by atoms with van der Waals surface area (Å²) >= 11 is 0. The lowest BCUT2D eigenvalue weighted by atomic mass is 10.1. The largest absolute Gasteiger partial charge is 0.478 e. The molecule has 3 N–H and O–H groups in total. The van der Waals surface area contributed by atoms with E-state index in [-0.39, 0.29) is 22.4 Å². The average molecular weight is 301 g/mol. The van der Waals surface area contributed by atoms with E-state index in [0.717, 1.165) is 12.3 Å². The maximum absolute atomic E-state index is 12.3. The van der Waals surface area contributed by atoms with Gasteiger partial charge < -0.3 is 10.1 Å². The third-order valence-electron chi connectivity index (χ3n) is 3.17. The molecule has 22 heavy (non-hydrogen) atoms. The number of nitrogens with zero attached hydrogens (tertiary/aromatic N) is 1. The Labute approximate surface area is 120 Å². The van der Waals surface area contributed by atoms with Gasteiger partial charge in [-0.1, -0.05) is 0 Å². The van der Waals surface area contributed by atoms with E-state index in [2.05, 4.69) is 4.98 Å². The van der Waals surface area contributed by atoms with Crippen LogP contribution in [0.25, 0.3) is 0 Å². The van der Waals surface area contributed by atoms with Gasteiger partial charge in [0.05, 0.1) is 16.7 Å². The highest BCUT2D eigenvalue weighted by molar-refractivity contribution is 6.34. The molecule has 0 fully saturated rings. The maximum atomic E-state index is 12.3. The first kappa shape index (κ1) is 13.5. The van der Waals surface area contributed by atoms with E-state index in [1.807, 2.05) is 4.98 Å². The average Bonchev–Trinajstić information content (AvgIpc) is 2.71. The van der Waals surface area contributed by atoms with E-state index in [1.165, 1.54) is 12.1 Å². The van der Waals surface area contributed by atoms with Gasteiger partial charge in [0.25, 0.3) is 17.4 Å². The van der Waals surface area contributed by atoms with Gasteiger partial charge in [-0.05, 0) is 18.2 Å². The molecule has 0 atom stereocenters. The fraction of sp³-hybridized carbons (Fsp3) is 0. The highest BCUT2D eigenvalue weighted by atomic mass is 16.4. The van der Waals surface area contributed by atoms with Crippen LogP contribution in [0.3, 0.4) is 0 Å². The molecule has 9 heteroatoms. The molecule has 2 aromatic rings. The van der Waals surface area contributed by atoms with E-state index in [0.29, 0.717) is 4.90 Å². The summed E-state index contributed by atoms with van der Waals surface area (Å²) < 4.78 is 0. The van der Waals surface area contributed by atoms with Crippen LogP contribution in [0.4, 0.5) is 5.69 Å². The number of carboxylic acids is 1. The Hall–Kier alpha value is -3.49. The smallest absolute Gasteiger partial charge is 0.335 e. The van der Waals surface area contributed by atoms with Crippen molar-refractivity contribution < 1.29 is 19.5 Å². The molecule has 1 aliphatic heterocycles. The summed E-state index contributed by atoms with van der Waals surface area (Å²) in [5.41, 5.74) is -2.31. The van der Waals surface area contributed by atoms with E-state index in [1.54, 1.807) is 0 Å². The fourth-order valence-corrected chi connectivity index (χ4v) is 2.16. The second-order valence-electron chi connectivity index (χ2n) is 4.47. The molecular formula is C13H7N3O6. The van der Waals surface area contributed by atoms with Crippen LogP contribution in [0.15, 0.2) is 34.0 Å². The number of rotatable bonds is 2. The first-order valence-corrected chi connectivity index (χ1v) is 5.98. The highest BCUT2D eigenvalue weighted by Gasteiger charge is 2.38. The molecule has 2 amide bonds. The van der Waals surface area contributed by atoms with Gasteiger partial charge in [0.2, 0.25) is 0 Å². The summed E-state index contributed by atoms with van der Waals surface area (Å²) in [7, 11) is 0. The van der Waals surface area contributed by atoms with Crippen LogP contribution in [0.5, 0.6) is 0 Å². The molecule has 9 nitrogen and oxygen atoms in total. The van der Waals surface area contributed by atoms with Gasteiger partial charge in [0.15, 0.2) is 0 Å². The first-order chi connectivity index (χ1) is 10.4. The minimum atomic E-state index is -1.25. The number of amides is 2. The molecule has 0 bridgehead atoms. The first-order valence-electron chi connectivity index (χ1n) is 5.98. The number of benzene rings is 1. The zero-order valence-electron chi connectivity index (χ0n) is 10.7. The number of aromatic nitrogens is 2. The van der Waals surface area contributed by atoms with Crippen molar-refractivity contribution >= 4 is 23.5 Å². The van der Waals surface area contributed by atoms with Gasteiger partial charge >= 0.3 is 11.7 Å². The van der Waals surface area contributed by atoms with E-state index in [9.17, 15) is 24.0 Å². The lowest BCUT2D eigenvalue weighted by Gasteiger charge is -2.11.